The first kappa shape index (κ1) is 15.1. The molecule has 0 N–H and O–H groups in total. The first-order chi connectivity index (χ1) is 9.57. The van der Waals surface area contributed by atoms with Gasteiger partial charge >= 0.3 is 0 Å². The molecular weight excluding hydrogens is 266 g/mol. The fraction of sp³-hybridized carbons (Fsp3) is 0.533. The van der Waals surface area contributed by atoms with Gasteiger partial charge in [-0.2, -0.15) is 0 Å². The van der Waals surface area contributed by atoms with Crippen LogP contribution in [0.5, 0.6) is 0 Å². The monoisotopic (exact) mass is 284 g/mol. The number of ketones is 1. The smallest absolute Gasteiger partial charge is 0.169 e. The van der Waals surface area contributed by atoms with Gasteiger partial charge in [-0.3, -0.25) is 4.79 Å². The van der Waals surface area contributed by atoms with Gasteiger partial charge in [0.15, 0.2) is 5.78 Å². The number of hydrogen-bond acceptors (Lipinski definition) is 3. The van der Waals surface area contributed by atoms with Crippen LogP contribution >= 0.6 is 0 Å². The SMILES string of the molecule is CCOC1(C(=O)Cc2ccc(F)cc2F)CCOCC1. The van der Waals surface area contributed by atoms with Crippen LogP contribution in [0.1, 0.15) is 25.3 Å². The van der Waals surface area contributed by atoms with Crippen LogP contribution < -0.4 is 0 Å². The lowest BCUT2D eigenvalue weighted by Crippen LogP contribution is -2.47. The van der Waals surface area contributed by atoms with E-state index in [2.05, 4.69) is 0 Å². The Hall–Kier alpha value is -1.33. The second kappa shape index (κ2) is 6.41. The molecule has 0 radical (unpaired) electrons. The van der Waals surface area contributed by atoms with Crippen molar-refractivity contribution in [3.8, 4) is 0 Å². The van der Waals surface area contributed by atoms with Crippen LogP contribution in [0.25, 0.3) is 0 Å². The third-order valence-corrected chi connectivity index (χ3v) is 3.60. The second-order valence-corrected chi connectivity index (χ2v) is 4.88. The summed E-state index contributed by atoms with van der Waals surface area (Å²) in [5.74, 6) is -1.52. The topological polar surface area (TPSA) is 35.5 Å². The lowest BCUT2D eigenvalue weighted by molar-refractivity contribution is -0.156. The van der Waals surface area contributed by atoms with Crippen LogP contribution in [-0.4, -0.2) is 31.2 Å². The molecule has 0 amide bonds. The molecule has 0 atom stereocenters. The number of rotatable bonds is 5. The molecule has 0 saturated carbocycles. The summed E-state index contributed by atoms with van der Waals surface area (Å²) in [5.41, 5.74) is -0.699. The number of ether oxygens (including phenoxy) is 2. The number of carbonyl (C=O) groups is 1. The van der Waals surface area contributed by atoms with Gasteiger partial charge in [0, 0.05) is 45.1 Å². The molecule has 0 aliphatic carbocycles. The molecule has 1 aliphatic heterocycles. The molecular formula is C15H18F2O3. The van der Waals surface area contributed by atoms with E-state index < -0.39 is 17.2 Å². The predicted molar refractivity (Wildman–Crippen MR) is 69.5 cm³/mol. The Bertz CT molecular complexity index is 476. The van der Waals surface area contributed by atoms with E-state index in [0.717, 1.165) is 12.1 Å². The molecule has 110 valence electrons. The minimum Gasteiger partial charge on any atom is -0.381 e. The standard InChI is InChI=1S/C15H18F2O3/c1-2-20-15(5-7-19-8-6-15)14(18)9-11-3-4-12(16)10-13(11)17/h3-4,10H,2,5-9H2,1H3. The number of hydrogen-bond donors (Lipinski definition) is 0. The summed E-state index contributed by atoms with van der Waals surface area (Å²) in [6.07, 6.45) is 0.858. The highest BCUT2D eigenvalue weighted by Crippen LogP contribution is 2.28. The largest absolute Gasteiger partial charge is 0.381 e. The summed E-state index contributed by atoms with van der Waals surface area (Å²) in [7, 11) is 0. The van der Waals surface area contributed by atoms with Gasteiger partial charge in [-0.15, -0.1) is 0 Å². The molecule has 1 aromatic rings. The van der Waals surface area contributed by atoms with Crippen molar-refractivity contribution in [1.82, 2.24) is 0 Å². The molecule has 5 heteroatoms. The van der Waals surface area contributed by atoms with Gasteiger partial charge in [-0.25, -0.2) is 8.78 Å². The van der Waals surface area contributed by atoms with E-state index in [4.69, 9.17) is 9.47 Å². The van der Waals surface area contributed by atoms with Crippen molar-refractivity contribution in [2.24, 2.45) is 0 Å². The maximum Gasteiger partial charge on any atom is 0.169 e. The van der Waals surface area contributed by atoms with Gasteiger partial charge in [-0.1, -0.05) is 6.07 Å². The zero-order valence-electron chi connectivity index (χ0n) is 11.5. The molecule has 1 saturated heterocycles. The van der Waals surface area contributed by atoms with Crippen molar-refractivity contribution in [2.75, 3.05) is 19.8 Å². The van der Waals surface area contributed by atoms with Crippen LogP contribution in [-0.2, 0) is 20.7 Å². The van der Waals surface area contributed by atoms with Crippen LogP contribution in [0.4, 0.5) is 8.78 Å². The lowest BCUT2D eigenvalue weighted by Gasteiger charge is -2.35. The molecule has 0 bridgehead atoms. The van der Waals surface area contributed by atoms with Crippen LogP contribution in [0.15, 0.2) is 18.2 Å². The molecule has 1 aromatic carbocycles. The summed E-state index contributed by atoms with van der Waals surface area (Å²) < 4.78 is 37.4. The van der Waals surface area contributed by atoms with E-state index in [1.165, 1.54) is 6.07 Å². The van der Waals surface area contributed by atoms with Crippen LogP contribution in [0, 0.1) is 11.6 Å². The minimum atomic E-state index is -0.895. The van der Waals surface area contributed by atoms with Gasteiger partial charge in [0.1, 0.15) is 17.2 Å². The van der Waals surface area contributed by atoms with Crippen molar-refractivity contribution < 1.29 is 23.0 Å². The van der Waals surface area contributed by atoms with Gasteiger partial charge in [0.25, 0.3) is 0 Å². The minimum absolute atomic E-state index is 0.0912. The zero-order chi connectivity index (χ0) is 14.6. The van der Waals surface area contributed by atoms with E-state index >= 15 is 0 Å². The highest BCUT2D eigenvalue weighted by Gasteiger charge is 2.40. The Morgan fingerprint density at radius 1 is 1.35 bits per heavy atom. The third-order valence-electron chi connectivity index (χ3n) is 3.60. The fourth-order valence-corrected chi connectivity index (χ4v) is 2.48. The molecule has 3 nitrogen and oxygen atoms in total. The maximum atomic E-state index is 13.6. The number of carbonyl (C=O) groups excluding carboxylic acids is 1. The molecule has 0 aromatic heterocycles. The quantitative estimate of drug-likeness (QED) is 0.834. The number of halogens is 2. The highest BCUT2D eigenvalue weighted by atomic mass is 19.1. The second-order valence-electron chi connectivity index (χ2n) is 4.88. The normalized spacial score (nSPS) is 17.9. The van der Waals surface area contributed by atoms with Crippen molar-refractivity contribution in [3.05, 3.63) is 35.4 Å². The molecule has 20 heavy (non-hydrogen) atoms. The molecule has 0 spiro atoms. The Morgan fingerprint density at radius 2 is 2.05 bits per heavy atom. The van der Waals surface area contributed by atoms with Crippen molar-refractivity contribution >= 4 is 5.78 Å². The van der Waals surface area contributed by atoms with Gasteiger partial charge in [0.2, 0.25) is 0 Å². The Balaban J connectivity index is 2.15. The van der Waals surface area contributed by atoms with Crippen LogP contribution in [0.3, 0.4) is 0 Å². The predicted octanol–water partition coefficient (Wildman–Crippen LogP) is 2.66. The zero-order valence-corrected chi connectivity index (χ0v) is 11.5. The van der Waals surface area contributed by atoms with Crippen LogP contribution in [0.2, 0.25) is 0 Å². The van der Waals surface area contributed by atoms with E-state index in [1.807, 2.05) is 6.92 Å². The Kier molecular flexibility index (Phi) is 4.83. The average Bonchev–Trinajstić information content (AvgIpc) is 2.43. The van der Waals surface area contributed by atoms with E-state index in [1.54, 1.807) is 0 Å². The summed E-state index contributed by atoms with van der Waals surface area (Å²) in [5, 5.41) is 0. The molecule has 1 fully saturated rings. The molecule has 0 unspecified atom stereocenters. The fourth-order valence-electron chi connectivity index (χ4n) is 2.48. The van der Waals surface area contributed by atoms with E-state index in [9.17, 15) is 13.6 Å². The highest BCUT2D eigenvalue weighted by molar-refractivity contribution is 5.89. The van der Waals surface area contributed by atoms with Gasteiger partial charge in [0.05, 0.1) is 0 Å². The third kappa shape index (κ3) is 3.22. The number of Topliss-reactive ketones (excluding diaryl/α,β-unsaturated/α-hetero) is 1. The molecule has 1 heterocycles. The van der Waals surface area contributed by atoms with E-state index in [0.29, 0.717) is 32.7 Å². The Labute approximate surface area is 116 Å². The van der Waals surface area contributed by atoms with Crippen molar-refractivity contribution in [2.45, 2.75) is 31.8 Å². The van der Waals surface area contributed by atoms with Crippen molar-refractivity contribution in [3.63, 3.8) is 0 Å². The summed E-state index contributed by atoms with van der Waals surface area (Å²) >= 11 is 0. The maximum absolute atomic E-state index is 13.6. The van der Waals surface area contributed by atoms with Gasteiger partial charge in [-0.05, 0) is 18.6 Å². The lowest BCUT2D eigenvalue weighted by atomic mass is 9.86. The summed E-state index contributed by atoms with van der Waals surface area (Å²) in [6.45, 7) is 3.15. The van der Waals surface area contributed by atoms with Crippen molar-refractivity contribution in [1.29, 1.82) is 0 Å². The summed E-state index contributed by atoms with van der Waals surface area (Å²) in [4.78, 5) is 12.5. The summed E-state index contributed by atoms with van der Waals surface area (Å²) in [6, 6.07) is 3.25. The van der Waals surface area contributed by atoms with E-state index in [-0.39, 0.29) is 17.8 Å². The molecule has 1 aliphatic rings. The first-order valence-electron chi connectivity index (χ1n) is 6.76. The van der Waals surface area contributed by atoms with Gasteiger partial charge < -0.3 is 9.47 Å². The number of benzene rings is 1. The Morgan fingerprint density at radius 3 is 2.65 bits per heavy atom. The first-order valence-corrected chi connectivity index (χ1v) is 6.76. The average molecular weight is 284 g/mol. The molecule has 2 rings (SSSR count).